The van der Waals surface area contributed by atoms with Gasteiger partial charge in [0.1, 0.15) is 0 Å². The number of hydrogen-bond donors (Lipinski definition) is 1. The third kappa shape index (κ3) is 3.55. The molecule has 20 heavy (non-hydrogen) atoms. The summed E-state index contributed by atoms with van der Waals surface area (Å²) in [4.78, 5) is 14.9. The van der Waals surface area contributed by atoms with E-state index in [1.54, 1.807) is 0 Å². The van der Waals surface area contributed by atoms with Gasteiger partial charge in [-0.3, -0.25) is 9.69 Å². The average Bonchev–Trinajstić information content (AvgIpc) is 3.30. The number of amides is 1. The van der Waals surface area contributed by atoms with Crippen molar-refractivity contribution in [3.63, 3.8) is 0 Å². The van der Waals surface area contributed by atoms with Gasteiger partial charge in [0, 0.05) is 18.1 Å². The highest BCUT2D eigenvalue weighted by atomic mass is 16.2. The molecule has 0 saturated heterocycles. The minimum absolute atomic E-state index is 0.267. The Morgan fingerprint density at radius 1 is 1.15 bits per heavy atom. The molecule has 0 radical (unpaired) electrons. The summed E-state index contributed by atoms with van der Waals surface area (Å²) in [5.41, 5.74) is 0. The van der Waals surface area contributed by atoms with Crippen LogP contribution in [-0.4, -0.2) is 35.5 Å². The summed E-state index contributed by atoms with van der Waals surface area (Å²) in [7, 11) is 0. The summed E-state index contributed by atoms with van der Waals surface area (Å²) in [6.07, 6.45) is 10.4. The van der Waals surface area contributed by atoms with E-state index in [0.717, 1.165) is 5.92 Å². The standard InChI is InChI=1S/C17H30N2O/c1-12-5-3-4-6-16(12)18-17(20)11-19(15-9-10-15)13(2)14-7-8-14/h12-16H,3-11H2,1-2H3,(H,18,20)/t12-,13-,16+/m1/s1. The zero-order chi connectivity index (χ0) is 14.1. The van der Waals surface area contributed by atoms with E-state index in [2.05, 4.69) is 24.1 Å². The van der Waals surface area contributed by atoms with Crippen LogP contribution < -0.4 is 5.32 Å². The molecule has 1 amide bonds. The molecule has 0 unspecified atom stereocenters. The maximum absolute atomic E-state index is 12.4. The molecular weight excluding hydrogens is 248 g/mol. The van der Waals surface area contributed by atoms with Crippen molar-refractivity contribution in [3.8, 4) is 0 Å². The Hall–Kier alpha value is -0.570. The first kappa shape index (κ1) is 14.4. The molecule has 3 rings (SSSR count). The highest BCUT2D eigenvalue weighted by Gasteiger charge is 2.40. The molecule has 114 valence electrons. The molecule has 3 atom stereocenters. The number of rotatable bonds is 6. The van der Waals surface area contributed by atoms with Crippen molar-refractivity contribution in [2.75, 3.05) is 6.54 Å². The molecule has 0 spiro atoms. The summed E-state index contributed by atoms with van der Waals surface area (Å²) in [6, 6.07) is 1.73. The second-order valence-electron chi connectivity index (χ2n) is 7.42. The van der Waals surface area contributed by atoms with Crippen molar-refractivity contribution in [1.82, 2.24) is 10.2 Å². The van der Waals surface area contributed by atoms with Gasteiger partial charge in [0.05, 0.1) is 6.54 Å². The van der Waals surface area contributed by atoms with Crippen molar-refractivity contribution < 1.29 is 4.79 Å². The highest BCUT2D eigenvalue weighted by molar-refractivity contribution is 5.78. The first-order valence-corrected chi connectivity index (χ1v) is 8.70. The van der Waals surface area contributed by atoms with Crippen molar-refractivity contribution in [2.45, 2.75) is 83.3 Å². The molecule has 3 aliphatic rings. The predicted octanol–water partition coefficient (Wildman–Crippen LogP) is 2.94. The van der Waals surface area contributed by atoms with Gasteiger partial charge in [-0.25, -0.2) is 0 Å². The molecule has 0 heterocycles. The van der Waals surface area contributed by atoms with Crippen LogP contribution in [0.2, 0.25) is 0 Å². The van der Waals surface area contributed by atoms with Crippen molar-refractivity contribution >= 4 is 5.91 Å². The van der Waals surface area contributed by atoms with Crippen molar-refractivity contribution in [3.05, 3.63) is 0 Å². The minimum Gasteiger partial charge on any atom is -0.352 e. The number of hydrogen-bond acceptors (Lipinski definition) is 2. The van der Waals surface area contributed by atoms with E-state index in [0.29, 0.717) is 30.6 Å². The van der Waals surface area contributed by atoms with Gasteiger partial charge in [0.15, 0.2) is 0 Å². The normalized spacial score (nSPS) is 32.1. The van der Waals surface area contributed by atoms with Crippen LogP contribution in [0.3, 0.4) is 0 Å². The Labute approximate surface area is 123 Å². The van der Waals surface area contributed by atoms with Crippen LogP contribution in [0.25, 0.3) is 0 Å². The van der Waals surface area contributed by atoms with Crippen LogP contribution in [0.15, 0.2) is 0 Å². The number of nitrogens with one attached hydrogen (secondary N) is 1. The van der Waals surface area contributed by atoms with Gasteiger partial charge < -0.3 is 5.32 Å². The topological polar surface area (TPSA) is 32.3 Å². The number of nitrogens with zero attached hydrogens (tertiary/aromatic N) is 1. The monoisotopic (exact) mass is 278 g/mol. The lowest BCUT2D eigenvalue weighted by molar-refractivity contribution is -0.124. The number of carbonyl (C=O) groups is 1. The fourth-order valence-electron chi connectivity index (χ4n) is 3.81. The van der Waals surface area contributed by atoms with E-state index in [1.165, 1.54) is 51.4 Å². The smallest absolute Gasteiger partial charge is 0.234 e. The number of carbonyl (C=O) groups excluding carboxylic acids is 1. The lowest BCUT2D eigenvalue weighted by Crippen LogP contribution is -2.48. The van der Waals surface area contributed by atoms with Crippen LogP contribution in [0.4, 0.5) is 0 Å². The molecule has 3 saturated carbocycles. The largest absolute Gasteiger partial charge is 0.352 e. The predicted molar refractivity (Wildman–Crippen MR) is 81.5 cm³/mol. The van der Waals surface area contributed by atoms with Gasteiger partial charge in [0.2, 0.25) is 5.91 Å². The quantitative estimate of drug-likeness (QED) is 0.810. The molecule has 0 bridgehead atoms. The van der Waals surface area contributed by atoms with Crippen molar-refractivity contribution in [2.24, 2.45) is 11.8 Å². The first-order valence-electron chi connectivity index (χ1n) is 8.70. The van der Waals surface area contributed by atoms with Crippen LogP contribution in [-0.2, 0) is 4.79 Å². The third-order valence-corrected chi connectivity index (χ3v) is 5.63. The van der Waals surface area contributed by atoms with E-state index in [1.807, 2.05) is 0 Å². The Bertz CT molecular complexity index is 349. The van der Waals surface area contributed by atoms with Crippen LogP contribution >= 0.6 is 0 Å². The van der Waals surface area contributed by atoms with E-state index >= 15 is 0 Å². The summed E-state index contributed by atoms with van der Waals surface area (Å²) in [6.45, 7) is 5.24. The molecule has 0 aliphatic heterocycles. The van der Waals surface area contributed by atoms with Gasteiger partial charge >= 0.3 is 0 Å². The Kier molecular flexibility index (Phi) is 4.34. The van der Waals surface area contributed by atoms with Gasteiger partial charge in [-0.2, -0.15) is 0 Å². The SMILES string of the molecule is C[C@@H]1CCCC[C@@H]1NC(=O)CN(C1CC1)[C@H](C)C1CC1. The lowest BCUT2D eigenvalue weighted by Gasteiger charge is -2.32. The molecule has 0 aromatic heterocycles. The van der Waals surface area contributed by atoms with Crippen LogP contribution in [0.5, 0.6) is 0 Å². The first-order chi connectivity index (χ1) is 9.65. The summed E-state index contributed by atoms with van der Waals surface area (Å²) in [5.74, 6) is 1.78. The molecular formula is C17H30N2O. The van der Waals surface area contributed by atoms with Gasteiger partial charge in [-0.05, 0) is 57.3 Å². The molecule has 1 N–H and O–H groups in total. The van der Waals surface area contributed by atoms with Crippen molar-refractivity contribution in [1.29, 1.82) is 0 Å². The highest BCUT2D eigenvalue weighted by Crippen LogP contribution is 2.39. The second kappa shape index (κ2) is 6.05. The van der Waals surface area contributed by atoms with Gasteiger partial charge in [-0.15, -0.1) is 0 Å². The summed E-state index contributed by atoms with van der Waals surface area (Å²) in [5, 5.41) is 3.32. The third-order valence-electron chi connectivity index (χ3n) is 5.63. The maximum atomic E-state index is 12.4. The molecule has 3 fully saturated rings. The molecule has 3 aliphatic carbocycles. The van der Waals surface area contributed by atoms with E-state index in [9.17, 15) is 4.79 Å². The molecule has 0 aromatic rings. The molecule has 3 heteroatoms. The van der Waals surface area contributed by atoms with Crippen LogP contribution in [0.1, 0.15) is 65.2 Å². The van der Waals surface area contributed by atoms with E-state index < -0.39 is 0 Å². The fraction of sp³-hybridized carbons (Fsp3) is 0.941. The van der Waals surface area contributed by atoms with E-state index in [-0.39, 0.29) is 5.91 Å². The van der Waals surface area contributed by atoms with E-state index in [4.69, 9.17) is 0 Å². The Morgan fingerprint density at radius 3 is 2.45 bits per heavy atom. The summed E-state index contributed by atoms with van der Waals surface area (Å²) >= 11 is 0. The lowest BCUT2D eigenvalue weighted by atomic mass is 9.86. The fourth-order valence-corrected chi connectivity index (χ4v) is 3.81. The Morgan fingerprint density at radius 2 is 1.85 bits per heavy atom. The van der Waals surface area contributed by atoms with Crippen LogP contribution in [0, 0.1) is 11.8 Å². The average molecular weight is 278 g/mol. The van der Waals surface area contributed by atoms with Gasteiger partial charge in [-0.1, -0.05) is 19.8 Å². The summed E-state index contributed by atoms with van der Waals surface area (Å²) < 4.78 is 0. The van der Waals surface area contributed by atoms with Gasteiger partial charge in [0.25, 0.3) is 0 Å². The maximum Gasteiger partial charge on any atom is 0.234 e. The minimum atomic E-state index is 0.267. The molecule has 3 nitrogen and oxygen atoms in total. The zero-order valence-corrected chi connectivity index (χ0v) is 13.1. The second-order valence-corrected chi connectivity index (χ2v) is 7.42. The molecule has 0 aromatic carbocycles. The Balaban J connectivity index is 1.50. The zero-order valence-electron chi connectivity index (χ0n) is 13.1.